The SMILES string of the molecule is CC(C)c1cnn2cc(N3C(=O)C(C)(C)c4c(Cl)nc(CO[Si](C)(C)C(C)(C)C)nc43)cnc12. The van der Waals surface area contributed by atoms with E-state index in [1.165, 1.54) is 0 Å². The number of rotatable bonds is 5. The fourth-order valence-corrected chi connectivity index (χ4v) is 5.16. The van der Waals surface area contributed by atoms with Gasteiger partial charge in [0, 0.05) is 11.1 Å². The minimum atomic E-state index is -2.02. The fraction of sp³-hybridized carbons (Fsp3) is 0.542. The summed E-state index contributed by atoms with van der Waals surface area (Å²) in [5.41, 5.74) is 2.13. The monoisotopic (exact) mass is 500 g/mol. The van der Waals surface area contributed by atoms with Gasteiger partial charge in [-0.05, 0) is 37.9 Å². The highest BCUT2D eigenvalue weighted by Crippen LogP contribution is 2.47. The van der Waals surface area contributed by atoms with Crippen LogP contribution in [0.3, 0.4) is 0 Å². The molecule has 0 spiro atoms. The van der Waals surface area contributed by atoms with Crippen molar-refractivity contribution < 1.29 is 9.22 Å². The first-order valence-corrected chi connectivity index (χ1v) is 14.8. The van der Waals surface area contributed by atoms with Gasteiger partial charge < -0.3 is 4.43 Å². The summed E-state index contributed by atoms with van der Waals surface area (Å²) in [6, 6.07) is 0. The quantitative estimate of drug-likeness (QED) is 0.326. The molecular formula is C24H33ClN6O2Si. The van der Waals surface area contributed by atoms with Crippen molar-refractivity contribution in [2.45, 2.75) is 84.5 Å². The van der Waals surface area contributed by atoms with Gasteiger partial charge in [0.25, 0.3) is 0 Å². The standard InChI is InChI=1S/C24H33ClN6O2Si/c1-14(2)16-11-27-30-12-15(10-26-20(16)30)31-21-18(24(6,7)22(31)32)19(25)28-17(29-21)13-33-34(8,9)23(3,4)5/h10-12,14H,13H2,1-9H3. The number of nitrogens with zero attached hydrogens (tertiary/aromatic N) is 6. The molecule has 0 fully saturated rings. The van der Waals surface area contributed by atoms with Crippen LogP contribution in [0, 0.1) is 0 Å². The number of anilines is 2. The van der Waals surface area contributed by atoms with E-state index in [-0.39, 0.29) is 22.7 Å². The molecule has 0 bridgehead atoms. The van der Waals surface area contributed by atoms with Gasteiger partial charge in [-0.3, -0.25) is 9.69 Å². The van der Waals surface area contributed by atoms with Gasteiger partial charge in [0.2, 0.25) is 5.91 Å². The molecule has 1 aliphatic rings. The Labute approximate surface area is 206 Å². The van der Waals surface area contributed by atoms with Gasteiger partial charge in [0.15, 0.2) is 19.8 Å². The van der Waals surface area contributed by atoms with Crippen LogP contribution in [0.15, 0.2) is 18.6 Å². The van der Waals surface area contributed by atoms with Crippen LogP contribution in [-0.2, 0) is 21.2 Å². The summed E-state index contributed by atoms with van der Waals surface area (Å²) in [7, 11) is -2.02. The highest BCUT2D eigenvalue weighted by Gasteiger charge is 2.48. The number of hydrogen-bond acceptors (Lipinski definition) is 6. The van der Waals surface area contributed by atoms with E-state index in [4.69, 9.17) is 21.0 Å². The first kappa shape index (κ1) is 24.8. The summed E-state index contributed by atoms with van der Waals surface area (Å²) in [6.45, 7) is 19.0. The number of hydrogen-bond donors (Lipinski definition) is 0. The summed E-state index contributed by atoms with van der Waals surface area (Å²) in [5, 5.41) is 4.77. The molecule has 3 aromatic heterocycles. The lowest BCUT2D eigenvalue weighted by atomic mass is 9.88. The molecule has 0 saturated heterocycles. The van der Waals surface area contributed by atoms with E-state index in [1.54, 1.807) is 21.8 Å². The minimum Gasteiger partial charge on any atom is -0.409 e. The van der Waals surface area contributed by atoms with Crippen molar-refractivity contribution >= 4 is 43.0 Å². The van der Waals surface area contributed by atoms with E-state index in [9.17, 15) is 4.79 Å². The van der Waals surface area contributed by atoms with Crippen LogP contribution in [0.2, 0.25) is 23.3 Å². The second-order valence-corrected chi connectivity index (χ2v) is 16.4. The maximum Gasteiger partial charge on any atom is 0.243 e. The molecule has 0 atom stereocenters. The molecule has 0 saturated carbocycles. The van der Waals surface area contributed by atoms with Crippen LogP contribution >= 0.6 is 11.6 Å². The molecule has 0 radical (unpaired) electrons. The first-order valence-electron chi connectivity index (χ1n) is 11.5. The van der Waals surface area contributed by atoms with Crippen molar-refractivity contribution in [3.8, 4) is 0 Å². The number of carbonyl (C=O) groups excluding carboxylic acids is 1. The zero-order chi connectivity index (χ0) is 25.2. The van der Waals surface area contributed by atoms with E-state index in [0.717, 1.165) is 11.2 Å². The molecule has 8 nitrogen and oxygen atoms in total. The van der Waals surface area contributed by atoms with Crippen LogP contribution in [0.1, 0.15) is 71.3 Å². The van der Waals surface area contributed by atoms with E-state index >= 15 is 0 Å². The Morgan fingerprint density at radius 2 is 1.85 bits per heavy atom. The molecule has 1 aliphatic heterocycles. The first-order chi connectivity index (χ1) is 15.6. The van der Waals surface area contributed by atoms with Crippen LogP contribution < -0.4 is 4.90 Å². The second-order valence-electron chi connectivity index (χ2n) is 11.3. The zero-order valence-electron chi connectivity index (χ0n) is 21.4. The predicted molar refractivity (Wildman–Crippen MR) is 136 cm³/mol. The molecule has 4 rings (SSSR count). The number of carbonyl (C=O) groups is 1. The molecule has 3 aromatic rings. The minimum absolute atomic E-state index is 0.0528. The molecule has 0 aromatic carbocycles. The highest BCUT2D eigenvalue weighted by molar-refractivity contribution is 6.74. The molecule has 0 aliphatic carbocycles. The maximum absolute atomic E-state index is 13.6. The van der Waals surface area contributed by atoms with Gasteiger partial charge in [-0.1, -0.05) is 46.2 Å². The summed E-state index contributed by atoms with van der Waals surface area (Å²) in [5.74, 6) is 1.08. The van der Waals surface area contributed by atoms with Crippen LogP contribution in [0.4, 0.5) is 11.5 Å². The topological polar surface area (TPSA) is 85.5 Å². The van der Waals surface area contributed by atoms with Crippen molar-refractivity contribution in [3.05, 3.63) is 40.7 Å². The average Bonchev–Trinajstić information content (AvgIpc) is 3.22. The lowest BCUT2D eigenvalue weighted by Crippen LogP contribution is -2.40. The van der Waals surface area contributed by atoms with Gasteiger partial charge in [-0.2, -0.15) is 5.10 Å². The summed E-state index contributed by atoms with van der Waals surface area (Å²) < 4.78 is 8.02. The average molecular weight is 501 g/mol. The van der Waals surface area contributed by atoms with Crippen molar-refractivity contribution in [3.63, 3.8) is 0 Å². The van der Waals surface area contributed by atoms with Gasteiger partial charge in [-0.25, -0.2) is 19.5 Å². The lowest BCUT2D eigenvalue weighted by molar-refractivity contribution is -0.121. The third-order valence-corrected chi connectivity index (χ3v) is 11.8. The smallest absolute Gasteiger partial charge is 0.243 e. The molecule has 0 N–H and O–H groups in total. The maximum atomic E-state index is 13.6. The summed E-state index contributed by atoms with van der Waals surface area (Å²) in [6.07, 6.45) is 5.31. The van der Waals surface area contributed by atoms with Gasteiger partial charge in [0.1, 0.15) is 11.0 Å². The largest absolute Gasteiger partial charge is 0.409 e. The summed E-state index contributed by atoms with van der Waals surface area (Å²) >= 11 is 6.64. The van der Waals surface area contributed by atoms with Crippen molar-refractivity contribution in [1.29, 1.82) is 0 Å². The van der Waals surface area contributed by atoms with Crippen molar-refractivity contribution in [1.82, 2.24) is 24.6 Å². The predicted octanol–water partition coefficient (Wildman–Crippen LogP) is 5.77. The van der Waals surface area contributed by atoms with Gasteiger partial charge in [-0.15, -0.1) is 0 Å². The fourth-order valence-electron chi connectivity index (χ4n) is 3.82. The molecule has 182 valence electrons. The van der Waals surface area contributed by atoms with E-state index < -0.39 is 13.7 Å². The van der Waals surface area contributed by atoms with Gasteiger partial charge >= 0.3 is 0 Å². The van der Waals surface area contributed by atoms with Crippen LogP contribution in [-0.4, -0.2) is 38.8 Å². The highest BCUT2D eigenvalue weighted by atomic mass is 35.5. The van der Waals surface area contributed by atoms with E-state index in [2.05, 4.69) is 62.8 Å². The third kappa shape index (κ3) is 3.93. The van der Waals surface area contributed by atoms with E-state index in [1.807, 2.05) is 20.0 Å². The normalized spacial score (nSPS) is 16.1. The Balaban J connectivity index is 1.77. The van der Waals surface area contributed by atoms with E-state index in [0.29, 0.717) is 28.8 Å². The third-order valence-electron chi connectivity index (χ3n) is 7.09. The molecule has 34 heavy (non-hydrogen) atoms. The van der Waals surface area contributed by atoms with Crippen molar-refractivity contribution in [2.24, 2.45) is 0 Å². The number of fused-ring (bicyclic) bond motifs is 2. The molecular weight excluding hydrogens is 468 g/mol. The molecule has 10 heteroatoms. The Bertz CT molecular complexity index is 1280. The van der Waals surface area contributed by atoms with Crippen LogP contribution in [0.5, 0.6) is 0 Å². The summed E-state index contributed by atoms with van der Waals surface area (Å²) in [4.78, 5) is 29.0. The number of halogens is 1. The molecule has 1 amide bonds. The Morgan fingerprint density at radius 3 is 2.47 bits per heavy atom. The molecule has 0 unspecified atom stereocenters. The Kier molecular flexibility index (Phi) is 5.90. The molecule has 4 heterocycles. The zero-order valence-corrected chi connectivity index (χ0v) is 23.2. The second kappa shape index (κ2) is 8.10. The number of aromatic nitrogens is 5. The lowest BCUT2D eigenvalue weighted by Gasteiger charge is -2.35. The Hall–Kier alpha value is -2.36. The van der Waals surface area contributed by atoms with Crippen LogP contribution in [0.25, 0.3) is 5.65 Å². The van der Waals surface area contributed by atoms with Crippen molar-refractivity contribution in [2.75, 3.05) is 4.90 Å². The van der Waals surface area contributed by atoms with Gasteiger partial charge in [0.05, 0.1) is 36.3 Å². The number of amides is 1. The Morgan fingerprint density at radius 1 is 1.18 bits per heavy atom.